The van der Waals surface area contributed by atoms with Gasteiger partial charge in [0.25, 0.3) is 0 Å². The molecule has 0 spiro atoms. The summed E-state index contributed by atoms with van der Waals surface area (Å²) >= 11 is 0. The zero-order chi connectivity index (χ0) is 13.0. The van der Waals surface area contributed by atoms with E-state index in [4.69, 9.17) is 9.47 Å². The summed E-state index contributed by atoms with van der Waals surface area (Å²) in [7, 11) is 3.35. The Bertz CT molecular complexity index is 446. The fourth-order valence-corrected chi connectivity index (χ4v) is 1.91. The normalized spacial score (nSPS) is 23.9. The van der Waals surface area contributed by atoms with Crippen molar-refractivity contribution < 1.29 is 9.47 Å². The molecule has 0 radical (unpaired) electrons. The summed E-state index contributed by atoms with van der Waals surface area (Å²) in [6.07, 6.45) is 1.29. The van der Waals surface area contributed by atoms with Gasteiger partial charge in [0.05, 0.1) is 12.7 Å². The quantitative estimate of drug-likeness (QED) is 0.748. The van der Waals surface area contributed by atoms with Crippen LogP contribution in [0.3, 0.4) is 0 Å². The molecule has 1 aromatic rings. The molecule has 0 bridgehead atoms. The highest BCUT2D eigenvalue weighted by molar-refractivity contribution is 5.30. The van der Waals surface area contributed by atoms with Crippen LogP contribution in [0.5, 0.6) is 0 Å². The topological polar surface area (TPSA) is 77.4 Å². The summed E-state index contributed by atoms with van der Waals surface area (Å²) < 4.78 is 12.3. The number of rotatable bonds is 4. The number of nitrogens with zero attached hydrogens (tertiary/aromatic N) is 2. The molecule has 7 heteroatoms. The zero-order valence-electron chi connectivity index (χ0n) is 10.5. The van der Waals surface area contributed by atoms with Crippen molar-refractivity contribution in [3.05, 3.63) is 22.7 Å². The fourth-order valence-electron chi connectivity index (χ4n) is 1.91. The van der Waals surface area contributed by atoms with Crippen molar-refractivity contribution in [3.8, 4) is 0 Å². The van der Waals surface area contributed by atoms with Crippen molar-refractivity contribution in [3.63, 3.8) is 0 Å². The van der Waals surface area contributed by atoms with Gasteiger partial charge in [-0.1, -0.05) is 0 Å². The minimum absolute atomic E-state index is 0.0513. The monoisotopic (exact) mass is 254 g/mol. The maximum absolute atomic E-state index is 11.8. The molecule has 2 heterocycles. The first-order valence-electron chi connectivity index (χ1n) is 5.86. The van der Waals surface area contributed by atoms with Gasteiger partial charge in [0.15, 0.2) is 6.23 Å². The Balaban J connectivity index is 2.13. The smallest absolute Gasteiger partial charge is 0.351 e. The van der Waals surface area contributed by atoms with Crippen LogP contribution in [-0.4, -0.2) is 49.5 Å². The summed E-state index contributed by atoms with van der Waals surface area (Å²) in [5.74, 6) is 0.550. The summed E-state index contributed by atoms with van der Waals surface area (Å²) in [5, 5.41) is 6.04. The Morgan fingerprint density at radius 1 is 1.67 bits per heavy atom. The van der Waals surface area contributed by atoms with E-state index < -0.39 is 0 Å². The van der Waals surface area contributed by atoms with Gasteiger partial charge in [-0.15, -0.1) is 0 Å². The predicted molar refractivity (Wildman–Crippen MR) is 66.7 cm³/mol. The Labute approximate surface area is 105 Å². The molecule has 100 valence electrons. The van der Waals surface area contributed by atoms with Crippen molar-refractivity contribution in [2.24, 2.45) is 0 Å². The number of anilines is 1. The lowest BCUT2D eigenvalue weighted by Crippen LogP contribution is -2.46. The number of aromatic nitrogens is 2. The second-order valence-electron chi connectivity index (χ2n) is 4.08. The predicted octanol–water partition coefficient (Wildman–Crippen LogP) is -0.582. The van der Waals surface area contributed by atoms with Gasteiger partial charge >= 0.3 is 5.69 Å². The van der Waals surface area contributed by atoms with E-state index in [1.807, 2.05) is 0 Å². The van der Waals surface area contributed by atoms with Crippen molar-refractivity contribution in [2.45, 2.75) is 12.3 Å². The van der Waals surface area contributed by atoms with Crippen LogP contribution >= 0.6 is 0 Å². The van der Waals surface area contributed by atoms with Gasteiger partial charge in [-0.2, -0.15) is 4.98 Å². The van der Waals surface area contributed by atoms with Crippen LogP contribution in [0.15, 0.2) is 17.1 Å². The maximum atomic E-state index is 11.8. The first kappa shape index (κ1) is 13.0. The molecule has 0 amide bonds. The second kappa shape index (κ2) is 5.94. The van der Waals surface area contributed by atoms with E-state index >= 15 is 0 Å². The molecule has 1 aliphatic heterocycles. The third-order valence-electron chi connectivity index (χ3n) is 2.79. The minimum atomic E-state index is -0.343. The number of nitrogens with one attached hydrogen (secondary N) is 2. The first-order valence-corrected chi connectivity index (χ1v) is 5.86. The van der Waals surface area contributed by atoms with Crippen LogP contribution < -0.4 is 16.3 Å². The average Bonchev–Trinajstić information content (AvgIpc) is 2.39. The number of morpholine rings is 1. The minimum Gasteiger partial charge on any atom is -0.382 e. The standard InChI is InChI=1S/C11H18N4O3/c1-12-9-3-4-15(11(16)14-9)10-6-13-5-8(18-10)7-17-2/h3-4,8,10,13H,5-7H2,1-2H3,(H,12,14,16). The summed E-state index contributed by atoms with van der Waals surface area (Å²) in [6, 6.07) is 1.74. The fraction of sp³-hybridized carbons (Fsp3) is 0.636. The summed E-state index contributed by atoms with van der Waals surface area (Å²) in [6.45, 7) is 1.81. The largest absolute Gasteiger partial charge is 0.382 e. The van der Waals surface area contributed by atoms with Crippen LogP contribution in [0, 0.1) is 0 Å². The SMILES string of the molecule is CNc1ccn(C2CNCC(COC)O2)c(=O)n1. The highest BCUT2D eigenvalue weighted by Gasteiger charge is 2.24. The molecule has 2 N–H and O–H groups in total. The molecule has 1 aromatic heterocycles. The van der Waals surface area contributed by atoms with Gasteiger partial charge in [-0.05, 0) is 6.07 Å². The molecule has 0 aliphatic carbocycles. The van der Waals surface area contributed by atoms with Gasteiger partial charge in [-0.25, -0.2) is 4.79 Å². The Kier molecular flexibility index (Phi) is 4.29. The molecule has 7 nitrogen and oxygen atoms in total. The van der Waals surface area contributed by atoms with E-state index in [1.54, 1.807) is 26.4 Å². The molecule has 0 aromatic carbocycles. The highest BCUT2D eigenvalue weighted by Crippen LogP contribution is 2.13. The van der Waals surface area contributed by atoms with E-state index in [0.717, 1.165) is 6.54 Å². The summed E-state index contributed by atoms with van der Waals surface area (Å²) in [4.78, 5) is 15.7. The molecule has 1 aliphatic rings. The van der Waals surface area contributed by atoms with Gasteiger partial charge in [0.2, 0.25) is 0 Å². The molecule has 1 saturated heterocycles. The van der Waals surface area contributed by atoms with E-state index in [0.29, 0.717) is 19.0 Å². The number of hydrogen-bond acceptors (Lipinski definition) is 6. The molecule has 2 rings (SSSR count). The van der Waals surface area contributed by atoms with Gasteiger partial charge in [0, 0.05) is 33.4 Å². The van der Waals surface area contributed by atoms with Crippen molar-refractivity contribution >= 4 is 5.82 Å². The van der Waals surface area contributed by atoms with Gasteiger partial charge in [0.1, 0.15) is 5.82 Å². The molecular weight excluding hydrogens is 236 g/mol. The van der Waals surface area contributed by atoms with Crippen LogP contribution in [0.2, 0.25) is 0 Å². The molecule has 0 saturated carbocycles. The van der Waals surface area contributed by atoms with Crippen LogP contribution in [-0.2, 0) is 9.47 Å². The molecular formula is C11H18N4O3. The molecule has 1 fully saturated rings. The Morgan fingerprint density at radius 3 is 3.17 bits per heavy atom. The van der Waals surface area contributed by atoms with E-state index in [1.165, 1.54) is 4.57 Å². The number of ether oxygens (including phenoxy) is 2. The molecule has 18 heavy (non-hydrogen) atoms. The number of hydrogen-bond donors (Lipinski definition) is 2. The maximum Gasteiger partial charge on any atom is 0.351 e. The van der Waals surface area contributed by atoms with Gasteiger partial charge in [-0.3, -0.25) is 4.57 Å². The van der Waals surface area contributed by atoms with E-state index in [-0.39, 0.29) is 18.0 Å². The molecule has 2 atom stereocenters. The van der Waals surface area contributed by atoms with Crippen LogP contribution in [0.1, 0.15) is 6.23 Å². The molecule has 2 unspecified atom stereocenters. The first-order chi connectivity index (χ1) is 8.74. The third-order valence-corrected chi connectivity index (χ3v) is 2.79. The van der Waals surface area contributed by atoms with Gasteiger partial charge < -0.3 is 20.1 Å². The van der Waals surface area contributed by atoms with E-state index in [9.17, 15) is 4.79 Å². The van der Waals surface area contributed by atoms with Crippen molar-refractivity contribution in [1.29, 1.82) is 0 Å². The van der Waals surface area contributed by atoms with Crippen molar-refractivity contribution in [2.75, 3.05) is 39.2 Å². The lowest BCUT2D eigenvalue weighted by Gasteiger charge is -2.31. The second-order valence-corrected chi connectivity index (χ2v) is 4.08. The Hall–Kier alpha value is -1.44. The van der Waals surface area contributed by atoms with E-state index in [2.05, 4.69) is 15.6 Å². The zero-order valence-corrected chi connectivity index (χ0v) is 10.5. The third kappa shape index (κ3) is 2.87. The lowest BCUT2D eigenvalue weighted by atomic mass is 10.3. The number of methoxy groups -OCH3 is 1. The average molecular weight is 254 g/mol. The lowest BCUT2D eigenvalue weighted by molar-refractivity contribution is -0.102. The van der Waals surface area contributed by atoms with Crippen LogP contribution in [0.4, 0.5) is 5.82 Å². The Morgan fingerprint density at radius 2 is 2.50 bits per heavy atom. The van der Waals surface area contributed by atoms with Crippen LogP contribution in [0.25, 0.3) is 0 Å². The summed E-state index contributed by atoms with van der Waals surface area (Å²) in [5.41, 5.74) is -0.327. The highest BCUT2D eigenvalue weighted by atomic mass is 16.5. The van der Waals surface area contributed by atoms with Crippen molar-refractivity contribution in [1.82, 2.24) is 14.9 Å².